The number of sulfonamides is 1. The average Bonchev–Trinajstić information content (AvgIpc) is 3.13. The molecule has 1 atom stereocenters. The summed E-state index contributed by atoms with van der Waals surface area (Å²) in [6.07, 6.45) is 2.36. The monoisotopic (exact) mass is 384 g/mol. The molecule has 0 spiro atoms. The fraction of sp³-hybridized carbons (Fsp3) is 0.312. The van der Waals surface area contributed by atoms with E-state index in [-0.39, 0.29) is 10.1 Å². The van der Waals surface area contributed by atoms with Crippen LogP contribution in [0.4, 0.5) is 0 Å². The standard InChI is InChI=1S/C16H20N2O3S3/c1-22-11-9-14(18-24(20,21)15-8-5-10-23-15)16(19)17-12-13-6-3-2-4-7-13/h2-8,10,14,18H,9,11-12H2,1H3,(H,17,19)/t14-/m0/s1. The van der Waals surface area contributed by atoms with Crippen molar-refractivity contribution in [2.75, 3.05) is 12.0 Å². The van der Waals surface area contributed by atoms with Gasteiger partial charge in [0, 0.05) is 6.54 Å². The summed E-state index contributed by atoms with van der Waals surface area (Å²) in [5.41, 5.74) is 0.968. The van der Waals surface area contributed by atoms with Gasteiger partial charge in [-0.3, -0.25) is 4.79 Å². The van der Waals surface area contributed by atoms with Crippen molar-refractivity contribution in [3.63, 3.8) is 0 Å². The van der Waals surface area contributed by atoms with E-state index in [0.717, 1.165) is 16.9 Å². The van der Waals surface area contributed by atoms with Crippen LogP contribution < -0.4 is 10.0 Å². The number of amides is 1. The zero-order valence-electron chi connectivity index (χ0n) is 13.3. The van der Waals surface area contributed by atoms with Crippen LogP contribution in [0.1, 0.15) is 12.0 Å². The third kappa shape index (κ3) is 5.62. The molecule has 8 heteroatoms. The highest BCUT2D eigenvalue weighted by atomic mass is 32.2. The van der Waals surface area contributed by atoms with E-state index in [1.54, 1.807) is 23.2 Å². The van der Waals surface area contributed by atoms with Crippen LogP contribution in [-0.2, 0) is 21.4 Å². The van der Waals surface area contributed by atoms with Crippen molar-refractivity contribution in [1.29, 1.82) is 0 Å². The SMILES string of the molecule is CSCC[C@H](NS(=O)(=O)c1cccs1)C(=O)NCc1ccccc1. The Morgan fingerprint density at radius 2 is 1.96 bits per heavy atom. The Morgan fingerprint density at radius 1 is 1.21 bits per heavy atom. The Morgan fingerprint density at radius 3 is 2.58 bits per heavy atom. The molecule has 1 heterocycles. The maximum Gasteiger partial charge on any atom is 0.250 e. The van der Waals surface area contributed by atoms with E-state index in [2.05, 4.69) is 10.0 Å². The van der Waals surface area contributed by atoms with Crippen molar-refractivity contribution in [2.24, 2.45) is 0 Å². The summed E-state index contributed by atoms with van der Waals surface area (Å²) in [5, 5.41) is 4.50. The third-order valence-electron chi connectivity index (χ3n) is 3.29. The molecule has 1 aromatic carbocycles. The second-order valence-electron chi connectivity index (χ2n) is 5.09. The summed E-state index contributed by atoms with van der Waals surface area (Å²) >= 11 is 2.70. The minimum atomic E-state index is -3.68. The molecule has 2 rings (SSSR count). The van der Waals surface area contributed by atoms with Gasteiger partial charge in [-0.2, -0.15) is 16.5 Å². The minimum Gasteiger partial charge on any atom is -0.351 e. The molecular weight excluding hydrogens is 364 g/mol. The van der Waals surface area contributed by atoms with E-state index in [4.69, 9.17) is 0 Å². The third-order valence-corrected chi connectivity index (χ3v) is 6.81. The van der Waals surface area contributed by atoms with Crippen molar-refractivity contribution < 1.29 is 13.2 Å². The van der Waals surface area contributed by atoms with Gasteiger partial charge in [-0.05, 0) is 35.4 Å². The van der Waals surface area contributed by atoms with Crippen LogP contribution in [0.15, 0.2) is 52.1 Å². The fourth-order valence-electron chi connectivity index (χ4n) is 2.05. The van der Waals surface area contributed by atoms with E-state index in [0.29, 0.717) is 18.7 Å². The summed E-state index contributed by atoms with van der Waals surface area (Å²) in [6.45, 7) is 0.371. The number of hydrogen-bond donors (Lipinski definition) is 2. The maximum absolute atomic E-state index is 12.4. The molecule has 0 radical (unpaired) electrons. The molecule has 0 saturated heterocycles. The Kier molecular flexibility index (Phi) is 7.29. The largest absolute Gasteiger partial charge is 0.351 e. The van der Waals surface area contributed by atoms with Crippen molar-refractivity contribution >= 4 is 39.0 Å². The summed E-state index contributed by atoms with van der Waals surface area (Å²) < 4.78 is 27.5. The number of hydrogen-bond acceptors (Lipinski definition) is 5. The molecule has 0 aliphatic heterocycles. The summed E-state index contributed by atoms with van der Waals surface area (Å²) in [7, 11) is -3.68. The first-order valence-electron chi connectivity index (χ1n) is 7.39. The smallest absolute Gasteiger partial charge is 0.250 e. The predicted octanol–water partition coefficient (Wildman–Crippen LogP) is 2.46. The minimum absolute atomic E-state index is 0.215. The first-order chi connectivity index (χ1) is 11.5. The Bertz CT molecular complexity index is 731. The number of benzene rings is 1. The molecule has 1 aromatic heterocycles. The highest BCUT2D eigenvalue weighted by molar-refractivity contribution is 7.98. The first kappa shape index (κ1) is 19.0. The molecule has 1 amide bonds. The summed E-state index contributed by atoms with van der Waals surface area (Å²) in [6, 6.07) is 11.9. The highest BCUT2D eigenvalue weighted by Gasteiger charge is 2.25. The van der Waals surface area contributed by atoms with Gasteiger partial charge in [0.15, 0.2) is 0 Å². The van der Waals surface area contributed by atoms with E-state index >= 15 is 0 Å². The van der Waals surface area contributed by atoms with Gasteiger partial charge in [-0.25, -0.2) is 8.42 Å². The highest BCUT2D eigenvalue weighted by Crippen LogP contribution is 2.16. The van der Waals surface area contributed by atoms with Gasteiger partial charge in [-0.15, -0.1) is 11.3 Å². The molecule has 0 saturated carbocycles. The molecular formula is C16H20N2O3S3. The molecule has 0 aliphatic carbocycles. The lowest BCUT2D eigenvalue weighted by Gasteiger charge is -2.17. The van der Waals surface area contributed by atoms with Crippen LogP contribution in [0, 0.1) is 0 Å². The number of nitrogens with one attached hydrogen (secondary N) is 2. The summed E-state index contributed by atoms with van der Waals surface area (Å²) in [4.78, 5) is 12.4. The Balaban J connectivity index is 2.02. The zero-order chi connectivity index (χ0) is 17.4. The van der Waals surface area contributed by atoms with Crippen molar-refractivity contribution in [1.82, 2.24) is 10.0 Å². The fourth-order valence-corrected chi connectivity index (χ4v) is 4.76. The van der Waals surface area contributed by atoms with Gasteiger partial charge in [0.25, 0.3) is 10.0 Å². The average molecular weight is 385 g/mol. The molecule has 130 valence electrons. The molecule has 2 aromatic rings. The zero-order valence-corrected chi connectivity index (χ0v) is 15.7. The van der Waals surface area contributed by atoms with Crippen molar-refractivity contribution in [3.05, 3.63) is 53.4 Å². The maximum atomic E-state index is 12.4. The molecule has 0 fully saturated rings. The number of carbonyl (C=O) groups is 1. The van der Waals surface area contributed by atoms with Crippen LogP contribution in [0.2, 0.25) is 0 Å². The van der Waals surface area contributed by atoms with E-state index in [1.165, 1.54) is 6.07 Å². The lowest BCUT2D eigenvalue weighted by Crippen LogP contribution is -2.46. The molecule has 2 N–H and O–H groups in total. The first-order valence-corrected chi connectivity index (χ1v) is 11.1. The quantitative estimate of drug-likeness (QED) is 0.696. The van der Waals surface area contributed by atoms with Crippen LogP contribution in [0.3, 0.4) is 0 Å². The van der Waals surface area contributed by atoms with Gasteiger partial charge in [0.05, 0.1) is 0 Å². The van der Waals surface area contributed by atoms with E-state index < -0.39 is 16.1 Å². The van der Waals surface area contributed by atoms with Crippen molar-refractivity contribution in [2.45, 2.75) is 23.2 Å². The van der Waals surface area contributed by atoms with Gasteiger partial charge in [-0.1, -0.05) is 36.4 Å². The number of thiophene rings is 1. The van der Waals surface area contributed by atoms with Crippen LogP contribution in [0.25, 0.3) is 0 Å². The van der Waals surface area contributed by atoms with Gasteiger partial charge in [0.1, 0.15) is 10.3 Å². The van der Waals surface area contributed by atoms with Gasteiger partial charge >= 0.3 is 0 Å². The van der Waals surface area contributed by atoms with Crippen LogP contribution >= 0.6 is 23.1 Å². The van der Waals surface area contributed by atoms with Crippen LogP contribution in [0.5, 0.6) is 0 Å². The number of thioether (sulfide) groups is 1. The van der Waals surface area contributed by atoms with Gasteiger partial charge < -0.3 is 5.32 Å². The number of rotatable bonds is 9. The molecule has 0 bridgehead atoms. The van der Waals surface area contributed by atoms with Crippen molar-refractivity contribution in [3.8, 4) is 0 Å². The Labute approximate surface area is 150 Å². The summed E-state index contributed by atoms with van der Waals surface area (Å²) in [5.74, 6) is 0.379. The normalized spacial score (nSPS) is 12.7. The van der Waals surface area contributed by atoms with E-state index in [9.17, 15) is 13.2 Å². The predicted molar refractivity (Wildman–Crippen MR) is 99.7 cm³/mol. The molecule has 0 unspecified atom stereocenters. The molecule has 24 heavy (non-hydrogen) atoms. The second-order valence-corrected chi connectivity index (χ2v) is 8.96. The van der Waals surface area contributed by atoms with E-state index in [1.807, 2.05) is 36.6 Å². The number of carbonyl (C=O) groups excluding carboxylic acids is 1. The second kappa shape index (κ2) is 9.22. The van der Waals surface area contributed by atoms with Gasteiger partial charge in [0.2, 0.25) is 5.91 Å². The molecule has 0 aliphatic rings. The lowest BCUT2D eigenvalue weighted by atomic mass is 10.2. The van der Waals surface area contributed by atoms with Crippen LogP contribution in [-0.4, -0.2) is 32.4 Å². The Hall–Kier alpha value is -1.35. The topological polar surface area (TPSA) is 75.3 Å². The molecule has 5 nitrogen and oxygen atoms in total. The lowest BCUT2D eigenvalue weighted by molar-refractivity contribution is -0.122.